The Kier molecular flexibility index (Phi) is 4.58. The molecule has 2 aromatic rings. The van der Waals surface area contributed by atoms with Gasteiger partial charge in [-0.1, -0.05) is 13.8 Å². The van der Waals surface area contributed by atoms with Crippen molar-refractivity contribution >= 4 is 27.3 Å². The molecule has 5 heteroatoms. The van der Waals surface area contributed by atoms with E-state index in [4.69, 9.17) is 4.74 Å². The molecule has 0 aliphatic rings. The summed E-state index contributed by atoms with van der Waals surface area (Å²) in [5, 5.41) is 0. The molecule has 1 aromatic carbocycles. The molecule has 0 saturated carbocycles. The Labute approximate surface area is 124 Å². The van der Waals surface area contributed by atoms with E-state index in [2.05, 4.69) is 34.8 Å². The highest BCUT2D eigenvalue weighted by Crippen LogP contribution is 2.34. The third-order valence-electron chi connectivity index (χ3n) is 2.69. The number of ether oxygens (including phenoxy) is 1. The predicted octanol–water partition coefficient (Wildman–Crippen LogP) is 4.92. The van der Waals surface area contributed by atoms with Crippen molar-refractivity contribution in [1.29, 1.82) is 0 Å². The SMILES string of the molecule is COc1ccc(-c2nc(Br)sc2CC(C)C)cc1F. The number of thiazole rings is 1. The van der Waals surface area contributed by atoms with E-state index in [0.29, 0.717) is 5.92 Å². The molecular weight excluding hydrogens is 329 g/mol. The number of nitrogens with zero attached hydrogens (tertiary/aromatic N) is 1. The summed E-state index contributed by atoms with van der Waals surface area (Å²) >= 11 is 5.01. The Balaban J connectivity index is 2.43. The van der Waals surface area contributed by atoms with Crippen LogP contribution in [0.2, 0.25) is 0 Å². The van der Waals surface area contributed by atoms with Crippen LogP contribution in [0.4, 0.5) is 4.39 Å². The minimum Gasteiger partial charge on any atom is -0.494 e. The molecule has 1 aromatic heterocycles. The molecule has 2 rings (SSSR count). The molecule has 0 unspecified atom stereocenters. The summed E-state index contributed by atoms with van der Waals surface area (Å²) in [5.41, 5.74) is 1.64. The van der Waals surface area contributed by atoms with Gasteiger partial charge < -0.3 is 4.74 Å². The van der Waals surface area contributed by atoms with Crippen molar-refractivity contribution in [3.05, 3.63) is 32.8 Å². The van der Waals surface area contributed by atoms with Gasteiger partial charge in [0.15, 0.2) is 15.5 Å². The zero-order chi connectivity index (χ0) is 14.0. The minimum absolute atomic E-state index is 0.253. The molecule has 0 aliphatic heterocycles. The first-order chi connectivity index (χ1) is 9.01. The Morgan fingerprint density at radius 2 is 2.16 bits per heavy atom. The molecule has 2 nitrogen and oxygen atoms in total. The maximum atomic E-state index is 13.8. The van der Waals surface area contributed by atoms with Gasteiger partial charge in [0.2, 0.25) is 0 Å². The Hall–Kier alpha value is -0.940. The van der Waals surface area contributed by atoms with Gasteiger partial charge in [-0.2, -0.15) is 0 Å². The summed E-state index contributed by atoms with van der Waals surface area (Å²) in [6.45, 7) is 4.32. The van der Waals surface area contributed by atoms with Crippen LogP contribution in [0.5, 0.6) is 5.75 Å². The maximum Gasteiger partial charge on any atom is 0.165 e. The Morgan fingerprint density at radius 1 is 1.42 bits per heavy atom. The fraction of sp³-hybridized carbons (Fsp3) is 0.357. The smallest absolute Gasteiger partial charge is 0.165 e. The van der Waals surface area contributed by atoms with E-state index in [1.54, 1.807) is 17.4 Å². The predicted molar refractivity (Wildman–Crippen MR) is 80.3 cm³/mol. The molecule has 0 spiro atoms. The molecule has 0 atom stereocenters. The van der Waals surface area contributed by atoms with Gasteiger partial charge in [-0.15, -0.1) is 11.3 Å². The monoisotopic (exact) mass is 343 g/mol. The van der Waals surface area contributed by atoms with E-state index in [-0.39, 0.29) is 11.6 Å². The number of aromatic nitrogens is 1. The van der Waals surface area contributed by atoms with Gasteiger partial charge >= 0.3 is 0 Å². The molecule has 0 saturated heterocycles. The largest absolute Gasteiger partial charge is 0.494 e. The molecule has 19 heavy (non-hydrogen) atoms. The van der Waals surface area contributed by atoms with E-state index < -0.39 is 0 Å². The van der Waals surface area contributed by atoms with E-state index in [0.717, 1.165) is 21.6 Å². The van der Waals surface area contributed by atoms with Crippen LogP contribution in [-0.2, 0) is 6.42 Å². The zero-order valence-corrected chi connectivity index (χ0v) is 13.4. The van der Waals surface area contributed by atoms with E-state index in [9.17, 15) is 4.39 Å². The molecule has 0 bridgehead atoms. The number of hydrogen-bond acceptors (Lipinski definition) is 3. The minimum atomic E-state index is -0.361. The van der Waals surface area contributed by atoms with Crippen molar-refractivity contribution in [2.75, 3.05) is 7.11 Å². The van der Waals surface area contributed by atoms with Crippen LogP contribution in [0.25, 0.3) is 11.3 Å². The molecule has 102 valence electrons. The summed E-state index contributed by atoms with van der Waals surface area (Å²) in [6, 6.07) is 4.95. The topological polar surface area (TPSA) is 22.1 Å². The highest BCUT2D eigenvalue weighted by atomic mass is 79.9. The first kappa shape index (κ1) is 14.5. The summed E-state index contributed by atoms with van der Waals surface area (Å²) in [5.74, 6) is 0.428. The second-order valence-electron chi connectivity index (χ2n) is 4.69. The first-order valence-electron chi connectivity index (χ1n) is 6.00. The van der Waals surface area contributed by atoms with Crippen molar-refractivity contribution in [1.82, 2.24) is 4.98 Å². The third-order valence-corrected chi connectivity index (χ3v) is 4.22. The molecule has 1 heterocycles. The summed E-state index contributed by atoms with van der Waals surface area (Å²) in [6.07, 6.45) is 0.937. The molecular formula is C14H15BrFNOS. The summed E-state index contributed by atoms with van der Waals surface area (Å²) in [4.78, 5) is 5.63. The number of rotatable bonds is 4. The van der Waals surface area contributed by atoms with Crippen LogP contribution in [0.15, 0.2) is 22.1 Å². The molecule has 0 N–H and O–H groups in total. The number of hydrogen-bond donors (Lipinski definition) is 0. The summed E-state index contributed by atoms with van der Waals surface area (Å²) < 4.78 is 19.5. The lowest BCUT2D eigenvalue weighted by Gasteiger charge is -2.07. The van der Waals surface area contributed by atoms with Crippen LogP contribution in [0, 0.1) is 11.7 Å². The van der Waals surface area contributed by atoms with Crippen molar-refractivity contribution in [3.63, 3.8) is 0 Å². The average Bonchev–Trinajstić information content (AvgIpc) is 2.69. The fourth-order valence-corrected chi connectivity index (χ4v) is 3.65. The van der Waals surface area contributed by atoms with Gasteiger partial charge in [0, 0.05) is 10.4 Å². The van der Waals surface area contributed by atoms with E-state index in [1.807, 2.05) is 6.07 Å². The normalized spacial score (nSPS) is 11.1. The second kappa shape index (κ2) is 6.01. The molecule has 0 radical (unpaired) electrons. The van der Waals surface area contributed by atoms with Crippen LogP contribution in [0.1, 0.15) is 18.7 Å². The molecule has 0 aliphatic carbocycles. The van der Waals surface area contributed by atoms with Crippen LogP contribution in [0.3, 0.4) is 0 Å². The lowest BCUT2D eigenvalue weighted by molar-refractivity contribution is 0.386. The number of halogens is 2. The van der Waals surface area contributed by atoms with E-state index in [1.165, 1.54) is 18.1 Å². The third kappa shape index (κ3) is 3.34. The fourth-order valence-electron chi connectivity index (χ4n) is 1.87. The number of methoxy groups -OCH3 is 1. The lowest BCUT2D eigenvalue weighted by Crippen LogP contribution is -1.95. The van der Waals surface area contributed by atoms with Crippen molar-refractivity contribution in [2.45, 2.75) is 20.3 Å². The van der Waals surface area contributed by atoms with Gasteiger partial charge in [-0.05, 0) is 46.5 Å². The van der Waals surface area contributed by atoms with Crippen LogP contribution >= 0.6 is 27.3 Å². The lowest BCUT2D eigenvalue weighted by atomic mass is 10.0. The summed E-state index contributed by atoms with van der Waals surface area (Å²) in [7, 11) is 1.46. The zero-order valence-electron chi connectivity index (χ0n) is 11.0. The van der Waals surface area contributed by atoms with Crippen LogP contribution in [-0.4, -0.2) is 12.1 Å². The van der Waals surface area contributed by atoms with Crippen molar-refractivity contribution < 1.29 is 9.13 Å². The van der Waals surface area contributed by atoms with Gasteiger partial charge in [-0.3, -0.25) is 0 Å². The highest BCUT2D eigenvalue weighted by molar-refractivity contribution is 9.11. The van der Waals surface area contributed by atoms with Gasteiger partial charge in [0.25, 0.3) is 0 Å². The van der Waals surface area contributed by atoms with Gasteiger partial charge in [0.05, 0.1) is 12.8 Å². The Morgan fingerprint density at radius 3 is 2.74 bits per heavy atom. The number of benzene rings is 1. The first-order valence-corrected chi connectivity index (χ1v) is 7.61. The van der Waals surface area contributed by atoms with Crippen LogP contribution < -0.4 is 4.74 Å². The van der Waals surface area contributed by atoms with Crippen molar-refractivity contribution in [3.8, 4) is 17.0 Å². The quantitative estimate of drug-likeness (QED) is 0.785. The van der Waals surface area contributed by atoms with Gasteiger partial charge in [-0.25, -0.2) is 9.37 Å². The second-order valence-corrected chi connectivity index (χ2v) is 7.05. The standard InChI is InChI=1S/C14H15BrFNOS/c1-8(2)6-12-13(17-14(15)19-12)9-4-5-11(18-3)10(16)7-9/h4-5,7-8H,6H2,1-3H3. The van der Waals surface area contributed by atoms with Crippen molar-refractivity contribution in [2.24, 2.45) is 5.92 Å². The molecule has 0 fully saturated rings. The van der Waals surface area contributed by atoms with Gasteiger partial charge in [0.1, 0.15) is 0 Å². The molecule has 0 amide bonds. The maximum absolute atomic E-state index is 13.8. The Bertz CT molecular complexity index is 583. The van der Waals surface area contributed by atoms with E-state index >= 15 is 0 Å². The highest BCUT2D eigenvalue weighted by Gasteiger charge is 2.15. The average molecular weight is 344 g/mol.